The largest absolute Gasteiger partial charge is 0.469 e. The van der Waals surface area contributed by atoms with E-state index in [0.717, 1.165) is 10.4 Å². The van der Waals surface area contributed by atoms with Crippen LogP contribution >= 0.6 is 11.3 Å². The Morgan fingerprint density at radius 2 is 1.72 bits per heavy atom. The van der Waals surface area contributed by atoms with E-state index in [-0.39, 0.29) is 22.9 Å². The summed E-state index contributed by atoms with van der Waals surface area (Å²) >= 11 is 1.31. The number of esters is 2. The highest BCUT2D eigenvalue weighted by atomic mass is 32.1. The van der Waals surface area contributed by atoms with Crippen molar-refractivity contribution in [1.29, 1.82) is 0 Å². The fourth-order valence-corrected chi connectivity index (χ4v) is 4.79. The van der Waals surface area contributed by atoms with E-state index in [1.807, 2.05) is 12.1 Å². The number of nitrogens with one attached hydrogen (secondary N) is 1. The third-order valence-corrected chi connectivity index (χ3v) is 6.33. The summed E-state index contributed by atoms with van der Waals surface area (Å²) in [6.45, 7) is 6.32. The summed E-state index contributed by atoms with van der Waals surface area (Å²) in [5.74, 6) is -1.79. The zero-order valence-corrected chi connectivity index (χ0v) is 18.1. The lowest BCUT2D eigenvalue weighted by molar-refractivity contribution is -0.142. The lowest BCUT2D eigenvalue weighted by atomic mass is 9.87. The lowest BCUT2D eigenvalue weighted by Gasteiger charge is -2.19. The predicted molar refractivity (Wildman–Crippen MR) is 112 cm³/mol. The molecule has 2 aromatic rings. The second kappa shape index (κ2) is 7.99. The molecule has 6 nitrogen and oxygen atoms in total. The summed E-state index contributed by atoms with van der Waals surface area (Å²) in [6.07, 6.45) is 1.24. The molecule has 1 amide bonds. The topological polar surface area (TPSA) is 81.7 Å². The molecule has 1 heterocycles. The minimum Gasteiger partial charge on any atom is -0.469 e. The number of methoxy groups -OCH3 is 2. The Labute approximate surface area is 174 Å². The number of ether oxygens (including phenoxy) is 2. The van der Waals surface area contributed by atoms with Crippen LogP contribution in [0.15, 0.2) is 24.3 Å². The Bertz CT molecular complexity index is 953. The molecule has 7 heteroatoms. The molecule has 1 atom stereocenters. The van der Waals surface area contributed by atoms with Crippen LogP contribution in [0.5, 0.6) is 0 Å². The number of anilines is 1. The Hall–Kier alpha value is -2.67. The van der Waals surface area contributed by atoms with Crippen LogP contribution in [-0.4, -0.2) is 32.1 Å². The maximum atomic E-state index is 12.8. The van der Waals surface area contributed by atoms with E-state index in [0.29, 0.717) is 29.0 Å². The van der Waals surface area contributed by atoms with Crippen LogP contribution in [0.4, 0.5) is 5.00 Å². The predicted octanol–water partition coefficient (Wildman–Crippen LogP) is 4.29. The molecule has 0 saturated carbocycles. The van der Waals surface area contributed by atoms with Gasteiger partial charge in [-0.3, -0.25) is 9.59 Å². The van der Waals surface area contributed by atoms with Gasteiger partial charge in [0, 0.05) is 10.4 Å². The van der Waals surface area contributed by atoms with E-state index in [4.69, 9.17) is 9.47 Å². The van der Waals surface area contributed by atoms with Crippen molar-refractivity contribution >= 4 is 34.2 Å². The molecule has 154 valence electrons. The lowest BCUT2D eigenvalue weighted by Crippen LogP contribution is -2.18. The highest BCUT2D eigenvalue weighted by Crippen LogP contribution is 2.46. The number of carbonyl (C=O) groups is 3. The molecule has 0 radical (unpaired) electrons. The van der Waals surface area contributed by atoms with Crippen molar-refractivity contribution in [3.05, 3.63) is 51.4 Å². The second-order valence-corrected chi connectivity index (χ2v) is 9.14. The highest BCUT2D eigenvalue weighted by Gasteiger charge is 2.38. The van der Waals surface area contributed by atoms with Crippen LogP contribution in [0.2, 0.25) is 0 Å². The molecule has 1 aromatic carbocycles. The van der Waals surface area contributed by atoms with Gasteiger partial charge in [0.2, 0.25) is 0 Å². The van der Waals surface area contributed by atoms with Crippen molar-refractivity contribution < 1.29 is 23.9 Å². The summed E-state index contributed by atoms with van der Waals surface area (Å²) in [5.41, 5.74) is 2.48. The Morgan fingerprint density at radius 1 is 1.07 bits per heavy atom. The zero-order valence-electron chi connectivity index (χ0n) is 17.3. The minimum absolute atomic E-state index is 0.00941. The molecular weight excluding hydrogens is 390 g/mol. The van der Waals surface area contributed by atoms with Crippen molar-refractivity contribution in [2.75, 3.05) is 19.5 Å². The first-order chi connectivity index (χ1) is 13.7. The van der Waals surface area contributed by atoms with Crippen molar-refractivity contribution in [1.82, 2.24) is 0 Å². The molecule has 0 aliphatic heterocycles. The van der Waals surface area contributed by atoms with Gasteiger partial charge in [0.1, 0.15) is 5.00 Å². The maximum absolute atomic E-state index is 12.8. The van der Waals surface area contributed by atoms with E-state index < -0.39 is 11.9 Å². The fourth-order valence-electron chi connectivity index (χ4n) is 3.53. The molecule has 29 heavy (non-hydrogen) atoms. The number of fused-ring (bicyclic) bond motifs is 1. The molecule has 1 aromatic heterocycles. The number of aryl methyl sites for hydroxylation is 1. The van der Waals surface area contributed by atoms with Crippen molar-refractivity contribution in [2.45, 2.75) is 44.9 Å². The van der Waals surface area contributed by atoms with E-state index in [1.54, 1.807) is 12.1 Å². The van der Waals surface area contributed by atoms with E-state index in [2.05, 4.69) is 26.1 Å². The molecule has 0 spiro atoms. The smallest absolute Gasteiger partial charge is 0.341 e. The number of carbonyl (C=O) groups excluding carboxylic acids is 3. The number of hydrogen-bond donors (Lipinski definition) is 1. The minimum atomic E-state index is -0.573. The number of thiophene rings is 1. The Kier molecular flexibility index (Phi) is 5.80. The van der Waals surface area contributed by atoms with Crippen LogP contribution in [-0.2, 0) is 26.1 Å². The van der Waals surface area contributed by atoms with Gasteiger partial charge in [-0.2, -0.15) is 0 Å². The van der Waals surface area contributed by atoms with E-state index in [9.17, 15) is 14.4 Å². The maximum Gasteiger partial charge on any atom is 0.341 e. The average molecular weight is 416 g/mol. The fraction of sp³-hybridized carbons (Fsp3) is 0.409. The molecule has 0 fully saturated rings. The molecule has 1 N–H and O–H groups in total. The molecule has 1 aliphatic rings. The van der Waals surface area contributed by atoms with E-state index >= 15 is 0 Å². The van der Waals surface area contributed by atoms with Crippen LogP contribution in [0.3, 0.4) is 0 Å². The van der Waals surface area contributed by atoms with Crippen LogP contribution in [0.1, 0.15) is 69.8 Å². The first-order valence-corrected chi connectivity index (χ1v) is 10.2. The Morgan fingerprint density at radius 3 is 2.28 bits per heavy atom. The third kappa shape index (κ3) is 4.05. The summed E-state index contributed by atoms with van der Waals surface area (Å²) in [6, 6.07) is 7.40. The van der Waals surface area contributed by atoms with Gasteiger partial charge >= 0.3 is 11.9 Å². The average Bonchev–Trinajstić information content (AvgIpc) is 3.24. The molecule has 0 saturated heterocycles. The first kappa shape index (κ1) is 21.0. The molecular formula is C22H25NO5S. The van der Waals surface area contributed by atoms with Gasteiger partial charge in [0.05, 0.1) is 25.7 Å². The highest BCUT2D eigenvalue weighted by molar-refractivity contribution is 7.17. The van der Waals surface area contributed by atoms with Gasteiger partial charge in [-0.05, 0) is 41.5 Å². The number of rotatable bonds is 4. The first-order valence-electron chi connectivity index (χ1n) is 9.41. The summed E-state index contributed by atoms with van der Waals surface area (Å²) < 4.78 is 9.81. The summed E-state index contributed by atoms with van der Waals surface area (Å²) in [4.78, 5) is 38.3. The Balaban J connectivity index is 1.92. The molecule has 1 aliphatic carbocycles. The van der Waals surface area contributed by atoms with Gasteiger partial charge in [-0.1, -0.05) is 32.9 Å². The quantitative estimate of drug-likeness (QED) is 0.754. The van der Waals surface area contributed by atoms with Crippen LogP contribution < -0.4 is 5.32 Å². The second-order valence-electron chi connectivity index (χ2n) is 8.03. The number of hydrogen-bond acceptors (Lipinski definition) is 6. The zero-order chi connectivity index (χ0) is 21.3. The number of benzene rings is 1. The van der Waals surface area contributed by atoms with Crippen LogP contribution in [0, 0.1) is 0 Å². The van der Waals surface area contributed by atoms with Crippen molar-refractivity contribution in [3.63, 3.8) is 0 Å². The molecule has 0 bridgehead atoms. The number of amides is 1. The third-order valence-electron chi connectivity index (χ3n) is 5.15. The van der Waals surface area contributed by atoms with Gasteiger partial charge in [0.15, 0.2) is 0 Å². The van der Waals surface area contributed by atoms with Crippen LogP contribution in [0.25, 0.3) is 0 Å². The van der Waals surface area contributed by atoms with Gasteiger partial charge < -0.3 is 14.8 Å². The van der Waals surface area contributed by atoms with E-state index in [1.165, 1.54) is 25.6 Å². The molecule has 1 unspecified atom stereocenters. The molecule has 3 rings (SSSR count). The summed E-state index contributed by atoms with van der Waals surface area (Å²) in [7, 11) is 2.61. The van der Waals surface area contributed by atoms with Crippen molar-refractivity contribution in [2.24, 2.45) is 0 Å². The monoisotopic (exact) mass is 415 g/mol. The van der Waals surface area contributed by atoms with Crippen molar-refractivity contribution in [3.8, 4) is 0 Å². The normalized spacial score (nSPS) is 15.6. The van der Waals surface area contributed by atoms with Gasteiger partial charge in [-0.25, -0.2) is 4.79 Å². The summed E-state index contributed by atoms with van der Waals surface area (Å²) in [5, 5.41) is 3.24. The SMILES string of the molecule is COC(=O)c1c(NC(=O)c2ccc(C(C)(C)C)cc2)sc2c1C(C(=O)OC)CC2. The van der Waals surface area contributed by atoms with Gasteiger partial charge in [0.25, 0.3) is 5.91 Å². The van der Waals surface area contributed by atoms with Gasteiger partial charge in [-0.15, -0.1) is 11.3 Å². The standard InChI is InChI=1S/C22H25NO5S/c1-22(2,3)13-8-6-12(7-9-13)18(24)23-19-17(21(26)28-5)16-14(20(25)27-4)10-11-15(16)29-19/h6-9,14H,10-11H2,1-5H3,(H,23,24).